The number of nitrogens with one attached hydrogen (secondary N) is 1. The second kappa shape index (κ2) is 3.34. The van der Waals surface area contributed by atoms with E-state index >= 15 is 0 Å². The van der Waals surface area contributed by atoms with Crippen LogP contribution in [0, 0.1) is 11.3 Å². The molecule has 0 spiro atoms. The highest BCUT2D eigenvalue weighted by Gasteiger charge is 2.52. The first-order valence-corrected chi connectivity index (χ1v) is 6.04. The van der Waals surface area contributed by atoms with Crippen LogP contribution in [-0.4, -0.2) is 5.91 Å². The predicted octanol–water partition coefficient (Wildman–Crippen LogP) is 2.66. The Bertz CT molecular complexity index is 410. The van der Waals surface area contributed by atoms with E-state index in [-0.39, 0.29) is 17.4 Å². The summed E-state index contributed by atoms with van der Waals surface area (Å²) in [6.07, 6.45) is 3.26. The average molecular weight is 215 g/mol. The average Bonchev–Trinajstić information content (AvgIpc) is 3.07. The van der Waals surface area contributed by atoms with Crippen LogP contribution in [-0.2, 0) is 4.79 Å². The highest BCUT2D eigenvalue weighted by molar-refractivity contribution is 5.80. The minimum absolute atomic E-state index is 0.137. The monoisotopic (exact) mass is 215 g/mol. The fourth-order valence-corrected chi connectivity index (χ4v) is 3.06. The van der Waals surface area contributed by atoms with E-state index in [1.165, 1.54) is 18.4 Å². The lowest BCUT2D eigenvalue weighted by atomic mass is 9.75. The minimum Gasteiger partial charge on any atom is -0.349 e. The van der Waals surface area contributed by atoms with Gasteiger partial charge in [0.05, 0.1) is 6.04 Å². The molecule has 1 saturated heterocycles. The molecule has 1 aromatic rings. The number of benzene rings is 1. The van der Waals surface area contributed by atoms with Crippen molar-refractivity contribution in [1.29, 1.82) is 0 Å². The molecule has 0 bridgehead atoms. The van der Waals surface area contributed by atoms with Gasteiger partial charge in [0.1, 0.15) is 0 Å². The zero-order chi connectivity index (χ0) is 11.2. The van der Waals surface area contributed by atoms with Crippen LogP contribution in [0.15, 0.2) is 30.3 Å². The van der Waals surface area contributed by atoms with Crippen LogP contribution >= 0.6 is 0 Å². The maximum atomic E-state index is 11.7. The number of amides is 1. The molecular formula is C14H17NO. The summed E-state index contributed by atoms with van der Waals surface area (Å²) in [6.45, 7) is 2.26. The lowest BCUT2D eigenvalue weighted by Crippen LogP contribution is -2.28. The highest BCUT2D eigenvalue weighted by Crippen LogP contribution is 2.56. The Labute approximate surface area is 96.1 Å². The number of rotatable bonds is 2. The summed E-state index contributed by atoms with van der Waals surface area (Å²) in [6, 6.07) is 10.6. The fraction of sp³-hybridized carbons (Fsp3) is 0.500. The van der Waals surface area contributed by atoms with Gasteiger partial charge in [-0.3, -0.25) is 4.79 Å². The first-order chi connectivity index (χ1) is 7.70. The SMILES string of the molecule is CC1(C2CC2)CC(=O)NC1c1ccccc1. The Balaban J connectivity index is 1.96. The van der Waals surface area contributed by atoms with Gasteiger partial charge in [-0.15, -0.1) is 0 Å². The van der Waals surface area contributed by atoms with Crippen molar-refractivity contribution in [3.8, 4) is 0 Å². The van der Waals surface area contributed by atoms with Crippen LogP contribution < -0.4 is 5.32 Å². The fourth-order valence-electron chi connectivity index (χ4n) is 3.06. The van der Waals surface area contributed by atoms with Crippen molar-refractivity contribution in [2.45, 2.75) is 32.2 Å². The molecule has 1 saturated carbocycles. The van der Waals surface area contributed by atoms with Crippen molar-refractivity contribution in [3.63, 3.8) is 0 Å². The summed E-state index contributed by atoms with van der Waals surface area (Å²) >= 11 is 0. The van der Waals surface area contributed by atoms with Gasteiger partial charge in [-0.25, -0.2) is 0 Å². The first-order valence-electron chi connectivity index (χ1n) is 6.04. The molecule has 16 heavy (non-hydrogen) atoms. The molecule has 84 valence electrons. The van der Waals surface area contributed by atoms with Crippen LogP contribution in [0.25, 0.3) is 0 Å². The highest BCUT2D eigenvalue weighted by atomic mass is 16.2. The molecule has 1 amide bonds. The summed E-state index contributed by atoms with van der Waals surface area (Å²) in [5.41, 5.74) is 1.39. The van der Waals surface area contributed by atoms with E-state index in [4.69, 9.17) is 0 Å². The van der Waals surface area contributed by atoms with Gasteiger partial charge >= 0.3 is 0 Å². The standard InChI is InChI=1S/C14H17NO/c1-14(11-7-8-11)9-12(16)15-13(14)10-5-3-2-4-6-10/h2-6,11,13H,7-9H2,1H3,(H,15,16). The van der Waals surface area contributed by atoms with Crippen LogP contribution in [0.5, 0.6) is 0 Å². The molecule has 0 aromatic heterocycles. The molecule has 2 heteroatoms. The van der Waals surface area contributed by atoms with E-state index < -0.39 is 0 Å². The van der Waals surface area contributed by atoms with Crippen molar-refractivity contribution in [1.82, 2.24) is 5.32 Å². The van der Waals surface area contributed by atoms with Gasteiger partial charge in [-0.2, -0.15) is 0 Å². The Hall–Kier alpha value is -1.31. The maximum Gasteiger partial charge on any atom is 0.221 e. The number of carbonyl (C=O) groups excluding carboxylic acids is 1. The molecule has 1 aliphatic heterocycles. The normalized spacial score (nSPS) is 33.8. The molecule has 2 unspecified atom stereocenters. The van der Waals surface area contributed by atoms with E-state index in [2.05, 4.69) is 24.4 Å². The van der Waals surface area contributed by atoms with Crippen molar-refractivity contribution >= 4 is 5.91 Å². The molecule has 2 atom stereocenters. The molecule has 1 heterocycles. The molecule has 1 aromatic carbocycles. The van der Waals surface area contributed by atoms with Crippen molar-refractivity contribution in [3.05, 3.63) is 35.9 Å². The van der Waals surface area contributed by atoms with E-state index in [9.17, 15) is 4.79 Å². The third-order valence-electron chi connectivity index (χ3n) is 4.15. The van der Waals surface area contributed by atoms with Crippen LogP contribution in [0.4, 0.5) is 0 Å². The topological polar surface area (TPSA) is 29.1 Å². The molecule has 2 fully saturated rings. The molecule has 1 aliphatic carbocycles. The predicted molar refractivity (Wildman–Crippen MR) is 62.8 cm³/mol. The van der Waals surface area contributed by atoms with E-state index in [1.54, 1.807) is 0 Å². The first kappa shape index (κ1) is 9.88. The quantitative estimate of drug-likeness (QED) is 0.807. The second-order valence-electron chi connectivity index (χ2n) is 5.37. The molecular weight excluding hydrogens is 198 g/mol. The lowest BCUT2D eigenvalue weighted by Gasteiger charge is -2.30. The van der Waals surface area contributed by atoms with Crippen LogP contribution in [0.1, 0.15) is 37.8 Å². The maximum absolute atomic E-state index is 11.7. The van der Waals surface area contributed by atoms with Crippen molar-refractivity contribution < 1.29 is 4.79 Å². The van der Waals surface area contributed by atoms with Crippen molar-refractivity contribution in [2.24, 2.45) is 11.3 Å². The summed E-state index contributed by atoms with van der Waals surface area (Å²) in [5, 5.41) is 3.14. The van der Waals surface area contributed by atoms with Gasteiger partial charge in [0, 0.05) is 11.8 Å². The molecule has 3 rings (SSSR count). The van der Waals surface area contributed by atoms with Gasteiger partial charge in [0.25, 0.3) is 0 Å². The Kier molecular flexibility index (Phi) is 2.06. The van der Waals surface area contributed by atoms with Gasteiger partial charge in [0.2, 0.25) is 5.91 Å². The third-order valence-corrected chi connectivity index (χ3v) is 4.15. The van der Waals surface area contributed by atoms with Gasteiger partial charge in [-0.1, -0.05) is 37.3 Å². The Morgan fingerprint density at radius 1 is 1.25 bits per heavy atom. The van der Waals surface area contributed by atoms with Gasteiger partial charge in [-0.05, 0) is 24.3 Å². The van der Waals surface area contributed by atoms with Crippen LogP contribution in [0.3, 0.4) is 0 Å². The van der Waals surface area contributed by atoms with Crippen molar-refractivity contribution in [2.75, 3.05) is 0 Å². The van der Waals surface area contributed by atoms with E-state index in [0.29, 0.717) is 6.42 Å². The summed E-state index contributed by atoms with van der Waals surface area (Å²) < 4.78 is 0. The van der Waals surface area contributed by atoms with Gasteiger partial charge < -0.3 is 5.32 Å². The summed E-state index contributed by atoms with van der Waals surface area (Å²) in [7, 11) is 0. The third kappa shape index (κ3) is 1.44. The molecule has 1 N–H and O–H groups in total. The molecule has 2 nitrogen and oxygen atoms in total. The van der Waals surface area contributed by atoms with E-state index in [1.807, 2.05) is 18.2 Å². The Morgan fingerprint density at radius 2 is 1.94 bits per heavy atom. The van der Waals surface area contributed by atoms with E-state index in [0.717, 1.165) is 5.92 Å². The zero-order valence-corrected chi connectivity index (χ0v) is 9.57. The Morgan fingerprint density at radius 3 is 2.56 bits per heavy atom. The lowest BCUT2D eigenvalue weighted by molar-refractivity contribution is -0.119. The summed E-state index contributed by atoms with van der Waals surface area (Å²) in [5.74, 6) is 0.944. The van der Waals surface area contributed by atoms with Crippen LogP contribution in [0.2, 0.25) is 0 Å². The second-order valence-corrected chi connectivity index (χ2v) is 5.37. The number of hydrogen-bond acceptors (Lipinski definition) is 1. The zero-order valence-electron chi connectivity index (χ0n) is 9.57. The largest absolute Gasteiger partial charge is 0.349 e. The minimum atomic E-state index is 0.137. The smallest absolute Gasteiger partial charge is 0.221 e. The summed E-state index contributed by atoms with van der Waals surface area (Å²) in [4.78, 5) is 11.7. The number of carbonyl (C=O) groups is 1. The molecule has 0 radical (unpaired) electrons. The number of hydrogen-bond donors (Lipinski definition) is 1. The van der Waals surface area contributed by atoms with Gasteiger partial charge in [0.15, 0.2) is 0 Å². The molecule has 2 aliphatic rings.